The highest BCUT2D eigenvalue weighted by molar-refractivity contribution is 5.70. The van der Waals surface area contributed by atoms with Gasteiger partial charge in [0.25, 0.3) is 0 Å². The second-order valence-corrected chi connectivity index (χ2v) is 5.33. The summed E-state index contributed by atoms with van der Waals surface area (Å²) >= 11 is 0. The van der Waals surface area contributed by atoms with Crippen LogP contribution in [0.25, 0.3) is 0 Å². The van der Waals surface area contributed by atoms with Crippen molar-refractivity contribution >= 4 is 5.97 Å². The third-order valence-electron chi connectivity index (χ3n) is 4.16. The number of carbonyl (C=O) groups is 1. The van der Waals surface area contributed by atoms with E-state index in [4.69, 9.17) is 5.11 Å². The summed E-state index contributed by atoms with van der Waals surface area (Å²) in [5.74, 6) is -1.33. The Balaban J connectivity index is 2.22. The summed E-state index contributed by atoms with van der Waals surface area (Å²) in [6.07, 6.45) is 1.71. The average molecular weight is 248 g/mol. The van der Waals surface area contributed by atoms with E-state index in [0.29, 0.717) is 6.42 Å². The predicted molar refractivity (Wildman–Crippen MR) is 69.3 cm³/mol. The summed E-state index contributed by atoms with van der Waals surface area (Å²) in [6, 6.07) is 5.86. The standard InChI is InChI=1S/C15H20O3/c1-9-6-7-11(8-10(9)2)14(16)12-4-3-5-13(12)15(17)18/h6-8,12-14,16H,3-5H2,1-2H3,(H,17,18). The number of carboxylic acids is 1. The van der Waals surface area contributed by atoms with Gasteiger partial charge in [-0.2, -0.15) is 0 Å². The number of aryl methyl sites for hydroxylation is 2. The molecular weight excluding hydrogens is 228 g/mol. The van der Waals surface area contributed by atoms with Gasteiger partial charge < -0.3 is 10.2 Å². The molecule has 3 nitrogen and oxygen atoms in total. The summed E-state index contributed by atoms with van der Waals surface area (Å²) in [7, 11) is 0. The quantitative estimate of drug-likeness (QED) is 0.864. The van der Waals surface area contributed by atoms with Gasteiger partial charge in [0.15, 0.2) is 0 Å². The van der Waals surface area contributed by atoms with Crippen molar-refractivity contribution in [2.45, 2.75) is 39.2 Å². The van der Waals surface area contributed by atoms with Gasteiger partial charge in [-0.25, -0.2) is 0 Å². The number of benzene rings is 1. The van der Waals surface area contributed by atoms with Crippen molar-refractivity contribution in [3.8, 4) is 0 Å². The van der Waals surface area contributed by atoms with Gasteiger partial charge in [-0.15, -0.1) is 0 Å². The Hall–Kier alpha value is -1.35. The molecule has 3 atom stereocenters. The van der Waals surface area contributed by atoms with E-state index in [0.717, 1.165) is 24.0 Å². The Kier molecular flexibility index (Phi) is 3.71. The fraction of sp³-hybridized carbons (Fsp3) is 0.533. The molecule has 0 saturated heterocycles. The number of aliphatic hydroxyl groups is 1. The van der Waals surface area contributed by atoms with E-state index >= 15 is 0 Å². The predicted octanol–water partition coefficient (Wildman–Crippen LogP) is 2.84. The van der Waals surface area contributed by atoms with Gasteiger partial charge in [0, 0.05) is 5.92 Å². The van der Waals surface area contributed by atoms with Gasteiger partial charge >= 0.3 is 5.97 Å². The van der Waals surface area contributed by atoms with Crippen LogP contribution in [0.5, 0.6) is 0 Å². The first-order valence-corrected chi connectivity index (χ1v) is 6.48. The highest BCUT2D eigenvalue weighted by Gasteiger charge is 2.37. The average Bonchev–Trinajstić information content (AvgIpc) is 2.81. The highest BCUT2D eigenvalue weighted by Crippen LogP contribution is 2.40. The number of rotatable bonds is 3. The number of aliphatic carboxylic acids is 1. The van der Waals surface area contributed by atoms with Gasteiger partial charge in [0.05, 0.1) is 12.0 Å². The lowest BCUT2D eigenvalue weighted by Gasteiger charge is -2.23. The molecule has 1 aromatic carbocycles. The Morgan fingerprint density at radius 2 is 2.00 bits per heavy atom. The number of hydrogen-bond donors (Lipinski definition) is 2. The van der Waals surface area contributed by atoms with E-state index in [1.165, 1.54) is 5.56 Å². The first kappa shape index (κ1) is 13.1. The molecule has 1 fully saturated rings. The van der Waals surface area contributed by atoms with E-state index in [9.17, 15) is 9.90 Å². The largest absolute Gasteiger partial charge is 0.481 e. The summed E-state index contributed by atoms with van der Waals surface area (Å²) in [5, 5.41) is 19.6. The number of hydrogen-bond acceptors (Lipinski definition) is 2. The summed E-state index contributed by atoms with van der Waals surface area (Å²) in [5.41, 5.74) is 3.17. The molecule has 0 bridgehead atoms. The lowest BCUT2D eigenvalue weighted by molar-refractivity contribution is -0.144. The van der Waals surface area contributed by atoms with Crippen molar-refractivity contribution in [2.75, 3.05) is 0 Å². The van der Waals surface area contributed by atoms with Crippen LogP contribution >= 0.6 is 0 Å². The monoisotopic (exact) mass is 248 g/mol. The van der Waals surface area contributed by atoms with Crippen LogP contribution in [0.3, 0.4) is 0 Å². The molecule has 1 aliphatic carbocycles. The van der Waals surface area contributed by atoms with Crippen LogP contribution in [0.15, 0.2) is 18.2 Å². The molecule has 1 aliphatic rings. The topological polar surface area (TPSA) is 57.5 Å². The van der Waals surface area contributed by atoms with Crippen molar-refractivity contribution in [3.05, 3.63) is 34.9 Å². The second kappa shape index (κ2) is 5.11. The molecule has 0 radical (unpaired) electrons. The molecule has 1 aromatic rings. The summed E-state index contributed by atoms with van der Waals surface area (Å²) < 4.78 is 0. The van der Waals surface area contributed by atoms with Gasteiger partial charge in [0.1, 0.15) is 0 Å². The minimum absolute atomic E-state index is 0.149. The fourth-order valence-corrected chi connectivity index (χ4v) is 2.87. The van der Waals surface area contributed by atoms with Gasteiger partial charge in [0.2, 0.25) is 0 Å². The normalized spacial score (nSPS) is 25.1. The molecule has 2 N–H and O–H groups in total. The molecule has 0 aromatic heterocycles. The molecule has 98 valence electrons. The lowest BCUT2D eigenvalue weighted by Crippen LogP contribution is -2.23. The maximum absolute atomic E-state index is 11.2. The van der Waals surface area contributed by atoms with E-state index < -0.39 is 18.0 Å². The van der Waals surface area contributed by atoms with E-state index in [-0.39, 0.29) is 5.92 Å². The van der Waals surface area contributed by atoms with Gasteiger partial charge in [-0.1, -0.05) is 24.6 Å². The molecule has 3 heteroatoms. The van der Waals surface area contributed by atoms with Crippen LogP contribution in [0, 0.1) is 25.7 Å². The van der Waals surface area contributed by atoms with Crippen LogP contribution in [0.2, 0.25) is 0 Å². The van der Waals surface area contributed by atoms with Crippen LogP contribution in [-0.4, -0.2) is 16.2 Å². The molecule has 2 rings (SSSR count). The summed E-state index contributed by atoms with van der Waals surface area (Å²) in [6.45, 7) is 4.04. The van der Waals surface area contributed by atoms with Gasteiger partial charge in [-0.05, 0) is 43.4 Å². The smallest absolute Gasteiger partial charge is 0.306 e. The Morgan fingerprint density at radius 3 is 2.61 bits per heavy atom. The van der Waals surface area contributed by atoms with E-state index in [1.807, 2.05) is 32.0 Å². The first-order valence-electron chi connectivity index (χ1n) is 6.48. The first-order chi connectivity index (χ1) is 8.50. The zero-order chi connectivity index (χ0) is 13.3. The second-order valence-electron chi connectivity index (χ2n) is 5.33. The van der Waals surface area contributed by atoms with Crippen molar-refractivity contribution in [2.24, 2.45) is 11.8 Å². The molecule has 0 aliphatic heterocycles. The van der Waals surface area contributed by atoms with Crippen molar-refractivity contribution in [3.63, 3.8) is 0 Å². The number of aliphatic hydroxyl groups excluding tert-OH is 1. The maximum atomic E-state index is 11.2. The SMILES string of the molecule is Cc1ccc(C(O)C2CCCC2C(=O)O)cc1C. The number of carboxylic acid groups (broad SMARTS) is 1. The third kappa shape index (κ3) is 2.41. The molecule has 3 unspecified atom stereocenters. The van der Waals surface area contributed by atoms with Crippen molar-refractivity contribution < 1.29 is 15.0 Å². The van der Waals surface area contributed by atoms with E-state index in [2.05, 4.69) is 0 Å². The molecule has 0 amide bonds. The van der Waals surface area contributed by atoms with Crippen LogP contribution in [-0.2, 0) is 4.79 Å². The summed E-state index contributed by atoms with van der Waals surface area (Å²) in [4.78, 5) is 11.2. The minimum atomic E-state index is -0.777. The lowest BCUT2D eigenvalue weighted by atomic mass is 9.86. The van der Waals surface area contributed by atoms with Crippen molar-refractivity contribution in [1.82, 2.24) is 0 Å². The Bertz CT molecular complexity index is 453. The molecule has 0 heterocycles. The van der Waals surface area contributed by atoms with Crippen LogP contribution in [0.1, 0.15) is 42.1 Å². The van der Waals surface area contributed by atoms with Gasteiger partial charge in [-0.3, -0.25) is 4.79 Å². The van der Waals surface area contributed by atoms with Crippen LogP contribution < -0.4 is 0 Å². The van der Waals surface area contributed by atoms with E-state index in [1.54, 1.807) is 0 Å². The fourth-order valence-electron chi connectivity index (χ4n) is 2.87. The Morgan fingerprint density at radius 1 is 1.28 bits per heavy atom. The molecular formula is C15H20O3. The Labute approximate surface area is 107 Å². The van der Waals surface area contributed by atoms with Crippen LogP contribution in [0.4, 0.5) is 0 Å². The van der Waals surface area contributed by atoms with Crippen molar-refractivity contribution in [1.29, 1.82) is 0 Å². The zero-order valence-electron chi connectivity index (χ0n) is 10.9. The minimum Gasteiger partial charge on any atom is -0.481 e. The third-order valence-corrected chi connectivity index (χ3v) is 4.16. The molecule has 1 saturated carbocycles. The highest BCUT2D eigenvalue weighted by atomic mass is 16.4. The molecule has 0 spiro atoms. The maximum Gasteiger partial charge on any atom is 0.306 e. The molecule has 18 heavy (non-hydrogen) atoms. The zero-order valence-corrected chi connectivity index (χ0v) is 10.9.